The summed E-state index contributed by atoms with van der Waals surface area (Å²) in [6, 6.07) is 1.51. The van der Waals surface area contributed by atoms with Gasteiger partial charge >= 0.3 is 0 Å². The Morgan fingerprint density at radius 3 is 1.93 bits per heavy atom. The quantitative estimate of drug-likeness (QED) is 0.580. The largest absolute Gasteiger partial charge is 0.368 e. The number of carbonyl (C=O) groups excluding carboxylic acids is 1. The topological polar surface area (TPSA) is 78.0 Å². The van der Waals surface area contributed by atoms with Crippen molar-refractivity contribution in [3.63, 3.8) is 0 Å². The number of allylic oxidation sites excluding steroid dienone is 4. The summed E-state index contributed by atoms with van der Waals surface area (Å²) in [5, 5.41) is 4.29. The van der Waals surface area contributed by atoms with Crippen LogP contribution in [0.2, 0.25) is 0 Å². The summed E-state index contributed by atoms with van der Waals surface area (Å²) < 4.78 is 1.12. The van der Waals surface area contributed by atoms with Gasteiger partial charge in [0.15, 0.2) is 0 Å². The van der Waals surface area contributed by atoms with Gasteiger partial charge in [0.2, 0.25) is 5.91 Å². The summed E-state index contributed by atoms with van der Waals surface area (Å²) in [5.41, 5.74) is 7.31. The number of aromatic nitrogens is 2. The third kappa shape index (κ3) is 14.5. The molecule has 5 heteroatoms. The van der Waals surface area contributed by atoms with Crippen molar-refractivity contribution in [3.8, 4) is 0 Å². The second-order valence-corrected chi connectivity index (χ2v) is 6.51. The summed E-state index contributed by atoms with van der Waals surface area (Å²) >= 11 is 0. The van der Waals surface area contributed by atoms with Gasteiger partial charge in [-0.15, -0.1) is 0 Å². The maximum absolute atomic E-state index is 12.0. The highest BCUT2D eigenvalue weighted by Gasteiger charge is 2.14. The van der Waals surface area contributed by atoms with E-state index in [0.29, 0.717) is 0 Å². The molecule has 0 aliphatic rings. The number of hydrogen-bond acceptors (Lipinski definition) is 3. The molecule has 0 fully saturated rings. The highest BCUT2D eigenvalue weighted by Crippen LogP contribution is 2.23. The summed E-state index contributed by atoms with van der Waals surface area (Å²) in [6.45, 7) is 20.2. The molecule has 0 spiro atoms. The Labute approximate surface area is 179 Å². The van der Waals surface area contributed by atoms with Crippen molar-refractivity contribution in [2.75, 3.05) is 0 Å². The molecule has 0 atom stereocenters. The number of unbranched alkanes of at least 4 members (excludes halogenated alkanes) is 1. The van der Waals surface area contributed by atoms with Crippen LogP contribution < -0.4 is 11.3 Å². The van der Waals surface area contributed by atoms with Gasteiger partial charge in [-0.3, -0.25) is 9.59 Å². The van der Waals surface area contributed by atoms with Crippen LogP contribution in [-0.2, 0) is 11.3 Å². The lowest BCUT2D eigenvalue weighted by Gasteiger charge is -2.14. The van der Waals surface area contributed by atoms with Gasteiger partial charge in [0, 0.05) is 11.6 Å². The Morgan fingerprint density at radius 1 is 1.14 bits per heavy atom. The fourth-order valence-corrected chi connectivity index (χ4v) is 1.94. The minimum atomic E-state index is -0.582. The molecule has 1 amide bonds. The number of nitrogens with zero attached hydrogens (tertiary/aromatic N) is 2. The third-order valence-corrected chi connectivity index (χ3v) is 3.35. The first-order valence-electron chi connectivity index (χ1n) is 10.9. The number of rotatable bonds is 6. The molecule has 1 heterocycles. The molecule has 0 aliphatic carbocycles. The Balaban J connectivity index is -0.000000639. The monoisotopic (exact) mass is 407 g/mol. The maximum Gasteiger partial charge on any atom is 0.267 e. The molecule has 1 rings (SSSR count). The second-order valence-electron chi connectivity index (χ2n) is 6.51. The first-order valence-corrected chi connectivity index (χ1v) is 10.9. The van der Waals surface area contributed by atoms with E-state index in [4.69, 9.17) is 5.73 Å². The van der Waals surface area contributed by atoms with Crippen LogP contribution in [0.15, 0.2) is 29.1 Å². The van der Waals surface area contributed by atoms with Gasteiger partial charge in [-0.1, -0.05) is 92.9 Å². The molecule has 0 bridgehead atoms. The fourth-order valence-electron chi connectivity index (χ4n) is 1.94. The Kier molecular flexibility index (Phi) is 22.3. The first-order chi connectivity index (χ1) is 13.7. The SMILES string of the molecule is C/C=C\C(=C/C)c1cc(=O)n(CC(N)=O)nc1C(C)C.CC.CCC.CCCC. The van der Waals surface area contributed by atoms with Crippen molar-refractivity contribution >= 4 is 11.5 Å². The van der Waals surface area contributed by atoms with Crippen molar-refractivity contribution in [2.24, 2.45) is 5.73 Å². The van der Waals surface area contributed by atoms with Gasteiger partial charge in [0.25, 0.3) is 5.56 Å². The minimum Gasteiger partial charge on any atom is -0.368 e. The molecule has 2 N–H and O–H groups in total. The summed E-state index contributed by atoms with van der Waals surface area (Å²) in [4.78, 5) is 23.0. The van der Waals surface area contributed by atoms with Gasteiger partial charge in [-0.25, -0.2) is 4.68 Å². The smallest absolute Gasteiger partial charge is 0.267 e. The van der Waals surface area contributed by atoms with E-state index in [0.717, 1.165) is 21.5 Å². The minimum absolute atomic E-state index is 0.130. The average Bonchev–Trinajstić information content (AvgIpc) is 2.69. The number of amides is 1. The Hall–Kier alpha value is -2.17. The van der Waals surface area contributed by atoms with Gasteiger partial charge in [0.05, 0.1) is 5.69 Å². The Morgan fingerprint density at radius 2 is 1.62 bits per heavy atom. The van der Waals surface area contributed by atoms with Gasteiger partial charge in [-0.05, 0) is 25.3 Å². The van der Waals surface area contributed by atoms with Crippen molar-refractivity contribution < 1.29 is 4.79 Å². The van der Waals surface area contributed by atoms with E-state index in [-0.39, 0.29) is 18.0 Å². The number of primary amides is 1. The van der Waals surface area contributed by atoms with Crippen molar-refractivity contribution in [1.82, 2.24) is 9.78 Å². The van der Waals surface area contributed by atoms with Crippen LogP contribution in [0.4, 0.5) is 0 Å². The molecular weight excluding hydrogens is 362 g/mol. The van der Waals surface area contributed by atoms with Crippen LogP contribution in [0.3, 0.4) is 0 Å². The van der Waals surface area contributed by atoms with E-state index in [2.05, 4.69) is 32.8 Å². The van der Waals surface area contributed by atoms with Crippen LogP contribution in [0.5, 0.6) is 0 Å². The lowest BCUT2D eigenvalue weighted by molar-refractivity contribution is -0.118. The standard InChI is InChI=1S/C15H21N3O2.C4H10.C3H8.C2H6/c1-5-7-11(6-2)12-8-14(20)18(9-13(16)19)17-15(12)10(3)4;1-3-4-2;1-3-2;1-2/h5-8,10H,9H2,1-4H3,(H2,16,19);3-4H2,1-2H3;3H2,1-2H3;1-2H3/b7-5-,11-6+;;;. The zero-order valence-electron chi connectivity index (χ0n) is 20.5. The summed E-state index contributed by atoms with van der Waals surface area (Å²) in [6.07, 6.45) is 9.66. The molecule has 0 saturated carbocycles. The summed E-state index contributed by atoms with van der Waals surface area (Å²) in [7, 11) is 0. The molecule has 0 saturated heterocycles. The van der Waals surface area contributed by atoms with E-state index in [1.165, 1.54) is 25.3 Å². The zero-order chi connectivity index (χ0) is 23.4. The van der Waals surface area contributed by atoms with Crippen LogP contribution in [0, 0.1) is 0 Å². The second kappa shape index (κ2) is 20.6. The third-order valence-electron chi connectivity index (χ3n) is 3.35. The first kappa shape index (κ1) is 31.5. The van der Waals surface area contributed by atoms with E-state index in [9.17, 15) is 9.59 Å². The lowest BCUT2D eigenvalue weighted by Crippen LogP contribution is -2.31. The molecular formula is C24H45N3O2. The molecule has 5 nitrogen and oxygen atoms in total. The molecule has 168 valence electrons. The van der Waals surface area contributed by atoms with Crippen LogP contribution in [-0.4, -0.2) is 15.7 Å². The Bertz CT molecular complexity index is 655. The van der Waals surface area contributed by atoms with Crippen LogP contribution in [0.25, 0.3) is 5.57 Å². The summed E-state index contributed by atoms with van der Waals surface area (Å²) in [5.74, 6) is -0.452. The fraction of sp³-hybridized carbons (Fsp3) is 0.625. The van der Waals surface area contributed by atoms with Crippen molar-refractivity contribution in [3.05, 3.63) is 45.9 Å². The maximum atomic E-state index is 12.0. The molecule has 29 heavy (non-hydrogen) atoms. The zero-order valence-corrected chi connectivity index (χ0v) is 20.5. The van der Waals surface area contributed by atoms with Crippen molar-refractivity contribution in [1.29, 1.82) is 0 Å². The highest BCUT2D eigenvalue weighted by atomic mass is 16.2. The predicted molar refractivity (Wildman–Crippen MR) is 128 cm³/mol. The van der Waals surface area contributed by atoms with Crippen LogP contribution in [0.1, 0.15) is 106 Å². The van der Waals surface area contributed by atoms with Crippen molar-refractivity contribution in [2.45, 2.75) is 101 Å². The molecule has 0 radical (unpaired) electrons. The van der Waals surface area contributed by atoms with Crippen LogP contribution >= 0.6 is 0 Å². The number of nitrogens with two attached hydrogens (primary N) is 1. The highest BCUT2D eigenvalue weighted by molar-refractivity contribution is 5.75. The number of carbonyl (C=O) groups is 1. The van der Waals surface area contributed by atoms with E-state index in [1.54, 1.807) is 0 Å². The van der Waals surface area contributed by atoms with E-state index >= 15 is 0 Å². The normalized spacial score (nSPS) is 10.4. The molecule has 0 unspecified atom stereocenters. The predicted octanol–water partition coefficient (Wildman–Crippen LogP) is 6.08. The molecule has 0 aliphatic heterocycles. The molecule has 1 aromatic rings. The number of hydrogen-bond donors (Lipinski definition) is 1. The van der Waals surface area contributed by atoms with Gasteiger partial charge in [0.1, 0.15) is 6.54 Å². The van der Waals surface area contributed by atoms with Gasteiger partial charge in [-0.2, -0.15) is 5.10 Å². The average molecular weight is 408 g/mol. The van der Waals surface area contributed by atoms with E-state index in [1.807, 2.05) is 59.8 Å². The lowest BCUT2D eigenvalue weighted by atomic mass is 9.98. The van der Waals surface area contributed by atoms with E-state index < -0.39 is 5.91 Å². The molecule has 1 aromatic heterocycles. The van der Waals surface area contributed by atoms with Gasteiger partial charge < -0.3 is 5.73 Å². The molecule has 0 aromatic carbocycles.